The summed E-state index contributed by atoms with van der Waals surface area (Å²) in [6.07, 6.45) is 4.62. The van der Waals surface area contributed by atoms with Crippen molar-refractivity contribution in [3.63, 3.8) is 0 Å². The van der Waals surface area contributed by atoms with Crippen LogP contribution in [0.5, 0.6) is 5.75 Å². The molecule has 0 radical (unpaired) electrons. The molecule has 3 rings (SSSR count). The Hall–Kier alpha value is -2.65. The first-order chi connectivity index (χ1) is 14.9. The van der Waals surface area contributed by atoms with Crippen LogP contribution >= 0.6 is 0 Å². The first-order valence-electron chi connectivity index (χ1n) is 10.2. The average Bonchev–Trinajstić information content (AvgIpc) is 2.72. The third kappa shape index (κ3) is 5.58. The Morgan fingerprint density at radius 3 is 2.03 bits per heavy atom. The molecule has 0 saturated carbocycles. The molecule has 0 bridgehead atoms. The summed E-state index contributed by atoms with van der Waals surface area (Å²) in [4.78, 5) is 15.2. The molecule has 9 heteroatoms. The van der Waals surface area contributed by atoms with Crippen molar-refractivity contribution >= 4 is 31.2 Å². The lowest BCUT2D eigenvalue weighted by Crippen LogP contribution is -2.35. The van der Waals surface area contributed by atoms with Gasteiger partial charge in [-0.3, -0.25) is 4.79 Å². The maximum Gasteiger partial charge on any atom is 0.257 e. The van der Waals surface area contributed by atoms with Gasteiger partial charge in [0, 0.05) is 25.6 Å². The van der Waals surface area contributed by atoms with Gasteiger partial charge in [-0.2, -0.15) is 0 Å². The Balaban J connectivity index is 1.85. The zero-order valence-corrected chi connectivity index (χ0v) is 20.2. The standard InChI is InChI=1S/C23H27NO6S2/c1-16(2)30-22-10-9-20(32(4,28)29)15-21(22)23(25)24-13-11-18(12-14-24)17-5-7-19(8-6-17)31(3,26)27/h5-11,15-16H,12-14H2,1-4H3. The zero-order valence-electron chi connectivity index (χ0n) is 18.5. The smallest absolute Gasteiger partial charge is 0.257 e. The minimum absolute atomic E-state index is 0.0659. The van der Waals surface area contributed by atoms with Crippen LogP contribution in [0.25, 0.3) is 5.57 Å². The minimum Gasteiger partial charge on any atom is -0.490 e. The van der Waals surface area contributed by atoms with Crippen molar-refractivity contribution in [3.05, 3.63) is 59.7 Å². The van der Waals surface area contributed by atoms with Crippen molar-refractivity contribution in [3.8, 4) is 5.75 Å². The van der Waals surface area contributed by atoms with Crippen LogP contribution in [-0.4, -0.2) is 59.3 Å². The molecule has 1 aliphatic rings. The summed E-state index contributed by atoms with van der Waals surface area (Å²) in [6.45, 7) is 4.47. The van der Waals surface area contributed by atoms with E-state index in [0.29, 0.717) is 25.3 Å². The Bertz CT molecular complexity index is 1260. The zero-order chi connectivity index (χ0) is 23.7. The largest absolute Gasteiger partial charge is 0.490 e. The lowest BCUT2D eigenvalue weighted by molar-refractivity contribution is 0.0766. The van der Waals surface area contributed by atoms with Crippen LogP contribution in [0.3, 0.4) is 0 Å². The molecule has 0 unspecified atom stereocenters. The molecule has 0 aliphatic carbocycles. The van der Waals surface area contributed by atoms with E-state index < -0.39 is 19.7 Å². The van der Waals surface area contributed by atoms with Crippen LogP contribution in [0.1, 0.15) is 36.2 Å². The molecular weight excluding hydrogens is 450 g/mol. The summed E-state index contributed by atoms with van der Waals surface area (Å²) in [5.41, 5.74) is 2.15. The third-order valence-corrected chi connectivity index (χ3v) is 7.36. The summed E-state index contributed by atoms with van der Waals surface area (Å²) in [5.74, 6) is 0.0532. The number of ether oxygens (including phenoxy) is 1. The quantitative estimate of drug-likeness (QED) is 0.634. The van der Waals surface area contributed by atoms with Crippen LogP contribution in [-0.2, 0) is 19.7 Å². The molecule has 32 heavy (non-hydrogen) atoms. The SMILES string of the molecule is CC(C)Oc1ccc(S(C)(=O)=O)cc1C(=O)N1CC=C(c2ccc(S(C)(=O)=O)cc2)CC1. The molecule has 1 aliphatic heterocycles. The predicted molar refractivity (Wildman–Crippen MR) is 123 cm³/mol. The molecule has 1 amide bonds. The molecule has 0 fully saturated rings. The monoisotopic (exact) mass is 477 g/mol. The second kappa shape index (κ2) is 9.07. The minimum atomic E-state index is -3.47. The van der Waals surface area contributed by atoms with Crippen molar-refractivity contribution in [2.45, 2.75) is 36.2 Å². The van der Waals surface area contributed by atoms with E-state index in [0.717, 1.165) is 17.4 Å². The van der Waals surface area contributed by atoms with Gasteiger partial charge in [-0.05, 0) is 61.7 Å². The number of hydrogen-bond acceptors (Lipinski definition) is 6. The molecule has 0 aromatic heterocycles. The summed E-state index contributed by atoms with van der Waals surface area (Å²) in [5, 5.41) is 0. The Labute approximate surface area is 189 Å². The molecule has 172 valence electrons. The number of amides is 1. The molecule has 7 nitrogen and oxygen atoms in total. The topological polar surface area (TPSA) is 97.8 Å². The van der Waals surface area contributed by atoms with E-state index in [1.54, 1.807) is 29.2 Å². The highest BCUT2D eigenvalue weighted by atomic mass is 32.2. The van der Waals surface area contributed by atoms with Crippen LogP contribution in [0.2, 0.25) is 0 Å². The van der Waals surface area contributed by atoms with Crippen molar-refractivity contribution in [2.75, 3.05) is 25.6 Å². The fraction of sp³-hybridized carbons (Fsp3) is 0.348. The molecule has 0 spiro atoms. The lowest BCUT2D eigenvalue weighted by Gasteiger charge is -2.28. The summed E-state index contributed by atoms with van der Waals surface area (Å²) in [7, 11) is -6.73. The third-order valence-electron chi connectivity index (χ3n) is 5.12. The van der Waals surface area contributed by atoms with E-state index in [2.05, 4.69) is 0 Å². The van der Waals surface area contributed by atoms with Crippen molar-refractivity contribution in [1.29, 1.82) is 0 Å². The van der Waals surface area contributed by atoms with Crippen LogP contribution in [0, 0.1) is 0 Å². The van der Waals surface area contributed by atoms with E-state index in [-0.39, 0.29) is 27.4 Å². The van der Waals surface area contributed by atoms with Gasteiger partial charge in [0.25, 0.3) is 5.91 Å². The number of hydrogen-bond donors (Lipinski definition) is 0. The van der Waals surface area contributed by atoms with E-state index >= 15 is 0 Å². The molecule has 0 saturated heterocycles. The molecule has 2 aromatic carbocycles. The van der Waals surface area contributed by atoms with Crippen LogP contribution < -0.4 is 4.74 Å². The van der Waals surface area contributed by atoms with Gasteiger partial charge in [0.1, 0.15) is 5.75 Å². The first kappa shape index (κ1) is 24.0. The van der Waals surface area contributed by atoms with Gasteiger partial charge < -0.3 is 9.64 Å². The van der Waals surface area contributed by atoms with Gasteiger partial charge in [-0.1, -0.05) is 18.2 Å². The Kier molecular flexibility index (Phi) is 6.80. The van der Waals surface area contributed by atoms with Crippen molar-refractivity contribution in [1.82, 2.24) is 4.90 Å². The van der Waals surface area contributed by atoms with Gasteiger partial charge in [0.15, 0.2) is 19.7 Å². The number of nitrogens with zero attached hydrogens (tertiary/aromatic N) is 1. The molecule has 0 N–H and O–H groups in total. The van der Waals surface area contributed by atoms with Crippen LogP contribution in [0.4, 0.5) is 0 Å². The van der Waals surface area contributed by atoms with E-state index in [1.807, 2.05) is 19.9 Å². The Morgan fingerprint density at radius 1 is 0.938 bits per heavy atom. The van der Waals surface area contributed by atoms with Crippen molar-refractivity contribution in [2.24, 2.45) is 0 Å². The number of rotatable bonds is 6. The molecular formula is C23H27NO6S2. The number of benzene rings is 2. The predicted octanol–water partition coefficient (Wildman–Crippen LogP) is 3.21. The molecule has 0 atom stereocenters. The van der Waals surface area contributed by atoms with Gasteiger partial charge in [-0.15, -0.1) is 0 Å². The second-order valence-electron chi connectivity index (χ2n) is 8.12. The summed E-state index contributed by atoms with van der Waals surface area (Å²) >= 11 is 0. The van der Waals surface area contributed by atoms with Crippen LogP contribution in [0.15, 0.2) is 58.3 Å². The fourth-order valence-corrected chi connectivity index (χ4v) is 4.74. The van der Waals surface area contributed by atoms with Gasteiger partial charge in [0.05, 0.1) is 21.5 Å². The normalized spacial score (nSPS) is 14.9. The first-order valence-corrected chi connectivity index (χ1v) is 13.9. The highest BCUT2D eigenvalue weighted by Gasteiger charge is 2.24. The summed E-state index contributed by atoms with van der Waals surface area (Å²) in [6, 6.07) is 11.0. The highest BCUT2D eigenvalue weighted by molar-refractivity contribution is 7.91. The molecule has 2 aromatic rings. The van der Waals surface area contributed by atoms with Gasteiger partial charge >= 0.3 is 0 Å². The molecule has 1 heterocycles. The highest BCUT2D eigenvalue weighted by Crippen LogP contribution is 2.28. The van der Waals surface area contributed by atoms with Gasteiger partial charge in [-0.25, -0.2) is 16.8 Å². The lowest BCUT2D eigenvalue weighted by atomic mass is 9.99. The summed E-state index contributed by atoms with van der Waals surface area (Å²) < 4.78 is 53.0. The van der Waals surface area contributed by atoms with Crippen molar-refractivity contribution < 1.29 is 26.4 Å². The van der Waals surface area contributed by atoms with E-state index in [1.165, 1.54) is 24.5 Å². The van der Waals surface area contributed by atoms with E-state index in [4.69, 9.17) is 4.74 Å². The maximum atomic E-state index is 13.2. The number of carbonyl (C=O) groups excluding carboxylic acids is 1. The maximum absolute atomic E-state index is 13.2. The van der Waals surface area contributed by atoms with Gasteiger partial charge in [0.2, 0.25) is 0 Å². The fourth-order valence-electron chi connectivity index (χ4n) is 3.47. The Morgan fingerprint density at radius 2 is 1.53 bits per heavy atom. The second-order valence-corrected chi connectivity index (χ2v) is 12.2. The number of carbonyl (C=O) groups is 1. The number of sulfone groups is 2. The average molecular weight is 478 g/mol. The van der Waals surface area contributed by atoms with E-state index in [9.17, 15) is 21.6 Å².